The van der Waals surface area contributed by atoms with E-state index >= 15 is 0 Å². The summed E-state index contributed by atoms with van der Waals surface area (Å²) < 4.78 is 1.20. The standard InChI is InChI=1S/C11H12BrN/c12-9-1-2-10-8(5-9)6-13-7-11(10)3-4-11/h1-2,5,13H,3-4,6-7H2. The van der Waals surface area contributed by atoms with E-state index in [1.807, 2.05) is 0 Å². The van der Waals surface area contributed by atoms with Crippen LogP contribution >= 0.6 is 15.9 Å². The first-order chi connectivity index (χ1) is 6.30. The lowest BCUT2D eigenvalue weighted by Crippen LogP contribution is -2.33. The number of fused-ring (bicyclic) bond motifs is 2. The summed E-state index contributed by atoms with van der Waals surface area (Å²) >= 11 is 3.52. The fourth-order valence-corrected chi connectivity index (χ4v) is 2.76. The highest BCUT2D eigenvalue weighted by Gasteiger charge is 2.46. The molecule has 1 spiro atoms. The van der Waals surface area contributed by atoms with Crippen LogP contribution in [0.15, 0.2) is 22.7 Å². The first-order valence-corrected chi connectivity index (χ1v) is 5.59. The molecule has 1 N–H and O–H groups in total. The van der Waals surface area contributed by atoms with Gasteiger partial charge in [0, 0.05) is 23.0 Å². The Bertz CT molecular complexity index is 355. The lowest BCUT2D eigenvalue weighted by molar-refractivity contribution is 0.531. The van der Waals surface area contributed by atoms with Crippen LogP contribution in [0.3, 0.4) is 0 Å². The molecule has 1 fully saturated rings. The van der Waals surface area contributed by atoms with Crippen molar-refractivity contribution in [2.75, 3.05) is 6.54 Å². The Morgan fingerprint density at radius 1 is 1.31 bits per heavy atom. The molecule has 0 saturated heterocycles. The van der Waals surface area contributed by atoms with Crippen molar-refractivity contribution >= 4 is 15.9 Å². The molecule has 1 aromatic carbocycles. The van der Waals surface area contributed by atoms with Gasteiger partial charge in [-0.15, -0.1) is 0 Å². The predicted molar refractivity (Wildman–Crippen MR) is 56.8 cm³/mol. The van der Waals surface area contributed by atoms with Crippen LogP contribution in [0.1, 0.15) is 24.0 Å². The third kappa shape index (κ3) is 1.16. The van der Waals surface area contributed by atoms with E-state index in [-0.39, 0.29) is 0 Å². The van der Waals surface area contributed by atoms with Crippen LogP contribution in [0.5, 0.6) is 0 Å². The largest absolute Gasteiger partial charge is 0.312 e. The van der Waals surface area contributed by atoms with Crippen molar-refractivity contribution < 1.29 is 0 Å². The first-order valence-electron chi connectivity index (χ1n) is 4.80. The molecule has 3 rings (SSSR count). The Balaban J connectivity index is 2.15. The van der Waals surface area contributed by atoms with Crippen molar-refractivity contribution in [2.45, 2.75) is 24.8 Å². The van der Waals surface area contributed by atoms with E-state index in [0.29, 0.717) is 5.41 Å². The Morgan fingerprint density at radius 3 is 2.92 bits per heavy atom. The highest BCUT2D eigenvalue weighted by Crippen LogP contribution is 2.50. The topological polar surface area (TPSA) is 12.0 Å². The molecule has 1 nitrogen and oxygen atoms in total. The van der Waals surface area contributed by atoms with E-state index < -0.39 is 0 Å². The molecule has 2 heteroatoms. The van der Waals surface area contributed by atoms with E-state index in [1.165, 1.54) is 29.4 Å². The summed E-state index contributed by atoms with van der Waals surface area (Å²) in [5.74, 6) is 0. The monoisotopic (exact) mass is 237 g/mol. The quantitative estimate of drug-likeness (QED) is 0.732. The minimum Gasteiger partial charge on any atom is -0.312 e. The van der Waals surface area contributed by atoms with Gasteiger partial charge in [0.25, 0.3) is 0 Å². The molecule has 1 aliphatic carbocycles. The normalized spacial score (nSPS) is 22.8. The second-order valence-electron chi connectivity index (χ2n) is 4.19. The molecule has 0 amide bonds. The van der Waals surface area contributed by atoms with Crippen LogP contribution < -0.4 is 5.32 Å². The number of hydrogen-bond donors (Lipinski definition) is 1. The molecule has 1 aliphatic heterocycles. The minimum atomic E-state index is 0.522. The average molecular weight is 238 g/mol. The summed E-state index contributed by atoms with van der Waals surface area (Å²) in [7, 11) is 0. The number of benzene rings is 1. The minimum absolute atomic E-state index is 0.522. The van der Waals surface area contributed by atoms with E-state index in [9.17, 15) is 0 Å². The number of halogens is 1. The zero-order valence-electron chi connectivity index (χ0n) is 7.44. The van der Waals surface area contributed by atoms with Gasteiger partial charge in [-0.05, 0) is 36.1 Å². The lowest BCUT2D eigenvalue weighted by atomic mass is 9.88. The van der Waals surface area contributed by atoms with Crippen LogP contribution in [0.4, 0.5) is 0 Å². The van der Waals surface area contributed by atoms with Crippen LogP contribution in [0, 0.1) is 0 Å². The van der Waals surface area contributed by atoms with Crippen LogP contribution in [-0.4, -0.2) is 6.54 Å². The molecule has 0 atom stereocenters. The van der Waals surface area contributed by atoms with Gasteiger partial charge in [-0.3, -0.25) is 0 Å². The summed E-state index contributed by atoms with van der Waals surface area (Å²) in [6, 6.07) is 6.72. The maximum atomic E-state index is 3.52. The van der Waals surface area contributed by atoms with E-state index in [4.69, 9.17) is 0 Å². The van der Waals surface area contributed by atoms with E-state index in [0.717, 1.165) is 6.54 Å². The van der Waals surface area contributed by atoms with Crippen molar-refractivity contribution in [2.24, 2.45) is 0 Å². The SMILES string of the molecule is Brc1ccc2c(c1)CNCC21CC1. The second-order valence-corrected chi connectivity index (χ2v) is 5.10. The van der Waals surface area contributed by atoms with E-state index in [2.05, 4.69) is 39.4 Å². The zero-order valence-corrected chi connectivity index (χ0v) is 9.02. The molecule has 68 valence electrons. The highest BCUT2D eigenvalue weighted by atomic mass is 79.9. The van der Waals surface area contributed by atoms with Crippen molar-refractivity contribution in [3.05, 3.63) is 33.8 Å². The summed E-state index contributed by atoms with van der Waals surface area (Å²) in [5, 5.41) is 3.50. The van der Waals surface area contributed by atoms with Gasteiger partial charge in [0.05, 0.1) is 0 Å². The van der Waals surface area contributed by atoms with E-state index in [1.54, 1.807) is 5.56 Å². The molecule has 0 radical (unpaired) electrons. The third-order valence-electron chi connectivity index (χ3n) is 3.27. The van der Waals surface area contributed by atoms with Crippen LogP contribution in [0.25, 0.3) is 0 Å². The Kier molecular flexibility index (Phi) is 1.59. The predicted octanol–water partition coefficient (Wildman–Crippen LogP) is 2.58. The number of nitrogens with one attached hydrogen (secondary N) is 1. The Labute approximate surface area is 86.7 Å². The van der Waals surface area contributed by atoms with Gasteiger partial charge >= 0.3 is 0 Å². The van der Waals surface area contributed by atoms with Gasteiger partial charge < -0.3 is 5.32 Å². The van der Waals surface area contributed by atoms with Gasteiger partial charge in [-0.1, -0.05) is 22.0 Å². The van der Waals surface area contributed by atoms with Crippen LogP contribution in [0.2, 0.25) is 0 Å². The second kappa shape index (κ2) is 2.58. The molecular weight excluding hydrogens is 226 g/mol. The molecule has 1 aromatic rings. The van der Waals surface area contributed by atoms with Gasteiger partial charge in [0.2, 0.25) is 0 Å². The summed E-state index contributed by atoms with van der Waals surface area (Å²) in [5.41, 5.74) is 3.60. The molecule has 13 heavy (non-hydrogen) atoms. The van der Waals surface area contributed by atoms with Gasteiger partial charge in [-0.2, -0.15) is 0 Å². The van der Waals surface area contributed by atoms with Crippen molar-refractivity contribution in [1.82, 2.24) is 5.32 Å². The fourth-order valence-electron chi connectivity index (χ4n) is 2.35. The lowest BCUT2D eigenvalue weighted by Gasteiger charge is -2.26. The average Bonchev–Trinajstić information content (AvgIpc) is 2.86. The third-order valence-corrected chi connectivity index (χ3v) is 3.76. The molecule has 0 unspecified atom stereocenters. The number of rotatable bonds is 0. The highest BCUT2D eigenvalue weighted by molar-refractivity contribution is 9.10. The van der Waals surface area contributed by atoms with Gasteiger partial charge in [0.15, 0.2) is 0 Å². The fraction of sp³-hybridized carbons (Fsp3) is 0.455. The molecule has 1 saturated carbocycles. The summed E-state index contributed by atoms with van der Waals surface area (Å²) in [4.78, 5) is 0. The summed E-state index contributed by atoms with van der Waals surface area (Å²) in [6.07, 6.45) is 2.74. The Morgan fingerprint density at radius 2 is 2.15 bits per heavy atom. The Hall–Kier alpha value is -0.340. The first kappa shape index (κ1) is 8.01. The molecule has 1 heterocycles. The molecule has 0 aromatic heterocycles. The van der Waals surface area contributed by atoms with Gasteiger partial charge in [0.1, 0.15) is 0 Å². The zero-order chi connectivity index (χ0) is 8.89. The maximum Gasteiger partial charge on any atom is 0.0209 e. The van der Waals surface area contributed by atoms with Crippen molar-refractivity contribution in [3.63, 3.8) is 0 Å². The maximum absolute atomic E-state index is 3.52. The van der Waals surface area contributed by atoms with Crippen molar-refractivity contribution in [1.29, 1.82) is 0 Å². The molecular formula is C11H12BrN. The smallest absolute Gasteiger partial charge is 0.0209 e. The summed E-state index contributed by atoms with van der Waals surface area (Å²) in [6.45, 7) is 2.22. The molecule has 0 bridgehead atoms. The van der Waals surface area contributed by atoms with Crippen molar-refractivity contribution in [3.8, 4) is 0 Å². The van der Waals surface area contributed by atoms with Gasteiger partial charge in [-0.25, -0.2) is 0 Å². The van der Waals surface area contributed by atoms with Crippen LogP contribution in [-0.2, 0) is 12.0 Å². The number of hydrogen-bond acceptors (Lipinski definition) is 1. The molecule has 2 aliphatic rings.